The fourth-order valence-corrected chi connectivity index (χ4v) is 1.78. The maximum atomic E-state index is 12.9. The van der Waals surface area contributed by atoms with E-state index in [9.17, 15) is 4.39 Å². The highest BCUT2D eigenvalue weighted by molar-refractivity contribution is 5.85. The maximum Gasteiger partial charge on any atom is 0.161 e. The van der Waals surface area contributed by atoms with E-state index in [0.29, 0.717) is 24.7 Å². The Morgan fingerprint density at radius 1 is 1.00 bits per heavy atom. The summed E-state index contributed by atoms with van der Waals surface area (Å²) in [6.45, 7) is 0.884. The first-order valence-corrected chi connectivity index (χ1v) is 6.01. The summed E-state index contributed by atoms with van der Waals surface area (Å²) in [5.74, 6) is 1.03. The number of ether oxygens (including phenoxy) is 2. The third kappa shape index (κ3) is 3.85. The van der Waals surface area contributed by atoms with Crippen LogP contribution in [0.2, 0.25) is 0 Å². The van der Waals surface area contributed by atoms with Crippen LogP contribution in [0.5, 0.6) is 11.5 Å². The molecule has 0 radical (unpaired) electrons. The van der Waals surface area contributed by atoms with Crippen molar-refractivity contribution in [1.82, 2.24) is 0 Å². The van der Waals surface area contributed by atoms with Crippen molar-refractivity contribution >= 4 is 12.4 Å². The van der Waals surface area contributed by atoms with Gasteiger partial charge in [0.2, 0.25) is 0 Å². The SMILES string of the molecule is COc1cc(-c2ccc(F)cc2)ccc1OCCN.Cl. The molecule has 0 atom stereocenters. The number of methoxy groups -OCH3 is 1. The van der Waals surface area contributed by atoms with E-state index < -0.39 is 0 Å². The number of hydrogen-bond acceptors (Lipinski definition) is 3. The summed E-state index contributed by atoms with van der Waals surface area (Å²) in [5.41, 5.74) is 7.26. The quantitative estimate of drug-likeness (QED) is 0.921. The Morgan fingerprint density at radius 3 is 2.25 bits per heavy atom. The minimum atomic E-state index is -0.251. The van der Waals surface area contributed by atoms with E-state index in [1.165, 1.54) is 12.1 Å². The number of rotatable bonds is 5. The normalized spacial score (nSPS) is 9.75. The van der Waals surface area contributed by atoms with E-state index in [1.54, 1.807) is 19.2 Å². The molecule has 0 aliphatic carbocycles. The fourth-order valence-electron chi connectivity index (χ4n) is 1.78. The maximum absolute atomic E-state index is 12.9. The summed E-state index contributed by atoms with van der Waals surface area (Å²) < 4.78 is 23.7. The Balaban J connectivity index is 0.00000200. The van der Waals surface area contributed by atoms with Crippen molar-refractivity contribution in [2.75, 3.05) is 20.3 Å². The smallest absolute Gasteiger partial charge is 0.161 e. The zero-order chi connectivity index (χ0) is 13.7. The van der Waals surface area contributed by atoms with Crippen molar-refractivity contribution in [3.8, 4) is 22.6 Å². The van der Waals surface area contributed by atoms with Crippen molar-refractivity contribution in [3.05, 3.63) is 48.3 Å². The van der Waals surface area contributed by atoms with Crippen molar-refractivity contribution in [3.63, 3.8) is 0 Å². The van der Waals surface area contributed by atoms with Crippen LogP contribution in [0, 0.1) is 5.82 Å². The first-order valence-electron chi connectivity index (χ1n) is 6.01. The van der Waals surface area contributed by atoms with Gasteiger partial charge in [-0.25, -0.2) is 4.39 Å². The summed E-state index contributed by atoms with van der Waals surface area (Å²) in [6, 6.07) is 11.9. The predicted molar refractivity (Wildman–Crippen MR) is 80.2 cm³/mol. The standard InChI is InChI=1S/C15H16FNO2.ClH/c1-18-15-10-12(4-7-14(15)19-9-8-17)11-2-5-13(16)6-3-11;/h2-7,10H,8-9,17H2,1H3;1H. The minimum absolute atomic E-state index is 0. The zero-order valence-electron chi connectivity index (χ0n) is 11.1. The molecule has 0 aromatic heterocycles. The van der Waals surface area contributed by atoms with Crippen LogP contribution >= 0.6 is 12.4 Å². The summed E-state index contributed by atoms with van der Waals surface area (Å²) in [4.78, 5) is 0. The van der Waals surface area contributed by atoms with Crippen molar-refractivity contribution in [1.29, 1.82) is 0 Å². The van der Waals surface area contributed by atoms with Crippen molar-refractivity contribution in [2.45, 2.75) is 0 Å². The highest BCUT2D eigenvalue weighted by Gasteiger charge is 2.07. The summed E-state index contributed by atoms with van der Waals surface area (Å²) >= 11 is 0. The molecule has 0 aliphatic heterocycles. The largest absolute Gasteiger partial charge is 0.493 e. The molecule has 2 aromatic carbocycles. The Labute approximate surface area is 123 Å². The van der Waals surface area contributed by atoms with Gasteiger partial charge in [0, 0.05) is 6.54 Å². The first-order chi connectivity index (χ1) is 9.24. The molecule has 0 aliphatic rings. The van der Waals surface area contributed by atoms with Crippen molar-refractivity contribution in [2.24, 2.45) is 5.73 Å². The third-order valence-corrected chi connectivity index (χ3v) is 2.72. The van der Waals surface area contributed by atoms with Gasteiger partial charge in [0.1, 0.15) is 12.4 Å². The Morgan fingerprint density at radius 2 is 1.65 bits per heavy atom. The number of nitrogens with two attached hydrogens (primary N) is 1. The lowest BCUT2D eigenvalue weighted by atomic mass is 10.1. The van der Waals surface area contributed by atoms with E-state index in [2.05, 4.69) is 0 Å². The van der Waals surface area contributed by atoms with E-state index in [0.717, 1.165) is 11.1 Å². The van der Waals surface area contributed by atoms with E-state index >= 15 is 0 Å². The van der Waals surface area contributed by atoms with Gasteiger partial charge < -0.3 is 15.2 Å². The lowest BCUT2D eigenvalue weighted by Gasteiger charge is -2.11. The van der Waals surface area contributed by atoms with Crippen LogP contribution < -0.4 is 15.2 Å². The molecule has 0 heterocycles. The number of benzene rings is 2. The second-order valence-corrected chi connectivity index (χ2v) is 4.01. The van der Waals surface area contributed by atoms with Crippen LogP contribution in [0.3, 0.4) is 0 Å². The van der Waals surface area contributed by atoms with Gasteiger partial charge in [-0.15, -0.1) is 12.4 Å². The topological polar surface area (TPSA) is 44.5 Å². The third-order valence-electron chi connectivity index (χ3n) is 2.72. The first kappa shape index (κ1) is 16.3. The summed E-state index contributed by atoms with van der Waals surface area (Å²) in [5, 5.41) is 0. The molecule has 0 spiro atoms. The van der Waals surface area contributed by atoms with Crippen LogP contribution in [0.15, 0.2) is 42.5 Å². The Bertz CT molecular complexity index is 546. The molecule has 0 amide bonds. The van der Waals surface area contributed by atoms with Crippen LogP contribution in [0.1, 0.15) is 0 Å². The molecule has 2 N–H and O–H groups in total. The van der Waals surface area contributed by atoms with Crippen LogP contribution in [0.4, 0.5) is 4.39 Å². The molecule has 108 valence electrons. The molecule has 0 unspecified atom stereocenters. The summed E-state index contributed by atoms with van der Waals surface area (Å²) in [7, 11) is 1.58. The van der Waals surface area contributed by atoms with Gasteiger partial charge in [-0.2, -0.15) is 0 Å². The van der Waals surface area contributed by atoms with Crippen LogP contribution in [0.25, 0.3) is 11.1 Å². The lowest BCUT2D eigenvalue weighted by Crippen LogP contribution is -2.11. The Hall–Kier alpha value is -1.78. The van der Waals surface area contributed by atoms with E-state index in [1.807, 2.05) is 18.2 Å². The second-order valence-electron chi connectivity index (χ2n) is 4.01. The average molecular weight is 298 g/mol. The predicted octanol–water partition coefficient (Wildman–Crippen LogP) is 3.26. The van der Waals surface area contributed by atoms with Crippen LogP contribution in [-0.2, 0) is 0 Å². The molecule has 2 aromatic rings. The molecular formula is C15H17ClFNO2. The van der Waals surface area contributed by atoms with Crippen molar-refractivity contribution < 1.29 is 13.9 Å². The van der Waals surface area contributed by atoms with Gasteiger partial charge in [-0.05, 0) is 35.4 Å². The van der Waals surface area contributed by atoms with Gasteiger partial charge in [0.15, 0.2) is 11.5 Å². The Kier molecular flexibility index (Phi) is 6.28. The minimum Gasteiger partial charge on any atom is -0.493 e. The average Bonchev–Trinajstić information content (AvgIpc) is 2.46. The zero-order valence-corrected chi connectivity index (χ0v) is 12.0. The van der Waals surface area contributed by atoms with E-state index in [4.69, 9.17) is 15.2 Å². The highest BCUT2D eigenvalue weighted by atomic mass is 35.5. The molecule has 0 saturated heterocycles. The molecule has 0 bridgehead atoms. The van der Waals surface area contributed by atoms with Gasteiger partial charge in [-0.3, -0.25) is 0 Å². The second kappa shape index (κ2) is 7.72. The lowest BCUT2D eigenvalue weighted by molar-refractivity contribution is 0.302. The van der Waals surface area contributed by atoms with Gasteiger partial charge in [-0.1, -0.05) is 18.2 Å². The molecule has 5 heteroatoms. The monoisotopic (exact) mass is 297 g/mol. The molecule has 0 saturated carbocycles. The van der Waals surface area contributed by atoms with Gasteiger partial charge >= 0.3 is 0 Å². The van der Waals surface area contributed by atoms with E-state index in [-0.39, 0.29) is 18.2 Å². The molecule has 3 nitrogen and oxygen atoms in total. The van der Waals surface area contributed by atoms with Gasteiger partial charge in [0.25, 0.3) is 0 Å². The molecular weight excluding hydrogens is 281 g/mol. The van der Waals surface area contributed by atoms with Gasteiger partial charge in [0.05, 0.1) is 7.11 Å². The molecule has 20 heavy (non-hydrogen) atoms. The molecule has 2 rings (SSSR count). The summed E-state index contributed by atoms with van der Waals surface area (Å²) in [6.07, 6.45) is 0. The van der Waals surface area contributed by atoms with Crippen LogP contribution in [-0.4, -0.2) is 20.3 Å². The fraction of sp³-hybridized carbons (Fsp3) is 0.200. The molecule has 0 fully saturated rings. The highest BCUT2D eigenvalue weighted by Crippen LogP contribution is 2.32. The number of hydrogen-bond donors (Lipinski definition) is 1. The number of halogens is 2.